The van der Waals surface area contributed by atoms with Gasteiger partial charge < -0.3 is 14.1 Å². The summed E-state index contributed by atoms with van der Waals surface area (Å²) in [5, 5.41) is 7.11. The van der Waals surface area contributed by atoms with Crippen LogP contribution in [-0.2, 0) is 30.7 Å². The Labute approximate surface area is 181 Å². The number of fused-ring (bicyclic) bond motifs is 1. The summed E-state index contributed by atoms with van der Waals surface area (Å²) in [6, 6.07) is 17.7. The van der Waals surface area contributed by atoms with Gasteiger partial charge in [0.2, 0.25) is 0 Å². The molecule has 0 saturated carbocycles. The van der Waals surface area contributed by atoms with Crippen LogP contribution in [0.4, 0.5) is 0 Å². The van der Waals surface area contributed by atoms with Gasteiger partial charge in [-0.25, -0.2) is 4.98 Å². The molecule has 4 rings (SSSR count). The predicted octanol–water partition coefficient (Wildman–Crippen LogP) is 4.14. The van der Waals surface area contributed by atoms with Crippen LogP contribution in [0.5, 0.6) is 0 Å². The monoisotopic (exact) mass is 418 g/mol. The minimum atomic E-state index is -0.0848. The van der Waals surface area contributed by atoms with Gasteiger partial charge in [0, 0.05) is 26.1 Å². The van der Waals surface area contributed by atoms with E-state index < -0.39 is 0 Å². The zero-order valence-corrected chi connectivity index (χ0v) is 17.8. The average molecular weight is 418 g/mol. The van der Waals surface area contributed by atoms with Crippen molar-refractivity contribution >= 4 is 17.0 Å². The summed E-state index contributed by atoms with van der Waals surface area (Å²) in [5.41, 5.74) is 4.95. The zero-order chi connectivity index (χ0) is 21.6. The number of H-pyrrole nitrogens is 1. The first-order valence-corrected chi connectivity index (χ1v) is 10.3. The van der Waals surface area contributed by atoms with E-state index >= 15 is 0 Å². The maximum absolute atomic E-state index is 12.9. The summed E-state index contributed by atoms with van der Waals surface area (Å²) in [5.74, 6) is 0.616. The van der Waals surface area contributed by atoms with Gasteiger partial charge in [0.15, 0.2) is 11.5 Å². The second-order valence-electron chi connectivity index (χ2n) is 7.61. The fraction of sp³-hybridized carbons (Fsp3) is 0.292. The summed E-state index contributed by atoms with van der Waals surface area (Å²) in [6.45, 7) is 0.863. The molecule has 0 fully saturated rings. The Balaban J connectivity index is 1.38. The summed E-state index contributed by atoms with van der Waals surface area (Å²) in [6.07, 6.45) is 2.70. The molecule has 0 unspecified atom stereocenters. The van der Waals surface area contributed by atoms with Crippen molar-refractivity contribution < 1.29 is 13.9 Å². The molecular formula is C24H26N4O3. The van der Waals surface area contributed by atoms with Gasteiger partial charge in [-0.1, -0.05) is 30.3 Å². The lowest BCUT2D eigenvalue weighted by Crippen LogP contribution is -2.26. The Hall–Kier alpha value is -3.45. The number of hydrogen-bond acceptors (Lipinski definition) is 5. The Bertz CT molecular complexity index is 1150. The van der Waals surface area contributed by atoms with E-state index in [4.69, 9.17) is 9.15 Å². The fourth-order valence-electron chi connectivity index (χ4n) is 3.56. The standard InChI is InChI=1S/C24H26N4O3/c1-28(15-19-14-20(16-30-2)27-26-19)24(29)18-11-12-22-21(13-18)25-23(31-22)10-6-9-17-7-4-3-5-8-17/h3-5,7-8,11-14H,6,9-10,15-16H2,1-2H3,(H,26,27). The smallest absolute Gasteiger partial charge is 0.254 e. The molecule has 0 atom stereocenters. The van der Waals surface area contributed by atoms with Crippen molar-refractivity contribution in [2.45, 2.75) is 32.4 Å². The molecule has 2 aromatic carbocycles. The van der Waals surface area contributed by atoms with Crippen LogP contribution in [0, 0.1) is 0 Å². The second kappa shape index (κ2) is 9.57. The highest BCUT2D eigenvalue weighted by atomic mass is 16.5. The van der Waals surface area contributed by atoms with E-state index in [1.807, 2.05) is 18.2 Å². The normalized spacial score (nSPS) is 11.2. The number of ether oxygens (including phenoxy) is 1. The van der Waals surface area contributed by atoms with Crippen LogP contribution < -0.4 is 0 Å². The number of amides is 1. The van der Waals surface area contributed by atoms with Crippen molar-refractivity contribution in [2.75, 3.05) is 14.2 Å². The van der Waals surface area contributed by atoms with Gasteiger partial charge in [-0.3, -0.25) is 9.89 Å². The number of aromatic amines is 1. The van der Waals surface area contributed by atoms with Crippen molar-refractivity contribution in [1.29, 1.82) is 0 Å². The molecule has 0 bridgehead atoms. The van der Waals surface area contributed by atoms with Crippen LogP contribution in [0.2, 0.25) is 0 Å². The lowest BCUT2D eigenvalue weighted by molar-refractivity contribution is 0.0783. The van der Waals surface area contributed by atoms with Crippen molar-refractivity contribution in [3.63, 3.8) is 0 Å². The van der Waals surface area contributed by atoms with Crippen LogP contribution in [0.1, 0.15) is 39.6 Å². The number of rotatable bonds is 9. The van der Waals surface area contributed by atoms with E-state index in [9.17, 15) is 4.79 Å². The van der Waals surface area contributed by atoms with Crippen LogP contribution in [0.25, 0.3) is 11.1 Å². The van der Waals surface area contributed by atoms with Crippen LogP contribution in [-0.4, -0.2) is 40.1 Å². The number of benzene rings is 2. The van der Waals surface area contributed by atoms with Crippen LogP contribution in [0.15, 0.2) is 59.0 Å². The summed E-state index contributed by atoms with van der Waals surface area (Å²) in [4.78, 5) is 19.1. The van der Waals surface area contributed by atoms with Crippen molar-refractivity contribution in [1.82, 2.24) is 20.1 Å². The summed E-state index contributed by atoms with van der Waals surface area (Å²) >= 11 is 0. The minimum absolute atomic E-state index is 0.0848. The number of aromatic nitrogens is 3. The number of oxazole rings is 1. The Kier molecular flexibility index (Phi) is 6.43. The lowest BCUT2D eigenvalue weighted by Gasteiger charge is -2.16. The predicted molar refractivity (Wildman–Crippen MR) is 118 cm³/mol. The van der Waals surface area contributed by atoms with Gasteiger partial charge in [0.1, 0.15) is 5.52 Å². The van der Waals surface area contributed by atoms with Crippen molar-refractivity contribution in [3.8, 4) is 0 Å². The minimum Gasteiger partial charge on any atom is -0.441 e. The molecule has 0 aliphatic carbocycles. The highest BCUT2D eigenvalue weighted by Crippen LogP contribution is 2.20. The van der Waals surface area contributed by atoms with E-state index in [-0.39, 0.29) is 5.91 Å². The first-order chi connectivity index (χ1) is 15.1. The molecule has 0 saturated heterocycles. The van der Waals surface area contributed by atoms with E-state index in [1.165, 1.54) is 5.56 Å². The fourth-order valence-corrected chi connectivity index (χ4v) is 3.56. The molecule has 1 N–H and O–H groups in total. The van der Waals surface area contributed by atoms with Gasteiger partial charge >= 0.3 is 0 Å². The van der Waals surface area contributed by atoms with Crippen LogP contribution >= 0.6 is 0 Å². The molecule has 0 radical (unpaired) electrons. The molecule has 1 amide bonds. The number of aryl methyl sites for hydroxylation is 2. The van der Waals surface area contributed by atoms with E-state index in [2.05, 4.69) is 39.4 Å². The van der Waals surface area contributed by atoms with Crippen molar-refractivity contribution in [3.05, 3.63) is 83.0 Å². The third-order valence-corrected chi connectivity index (χ3v) is 5.11. The quantitative estimate of drug-likeness (QED) is 0.442. The number of nitrogens with zero attached hydrogens (tertiary/aromatic N) is 3. The first kappa shape index (κ1) is 20.8. The number of carbonyl (C=O) groups is 1. The topological polar surface area (TPSA) is 84.2 Å². The molecule has 0 spiro atoms. The number of carbonyl (C=O) groups excluding carboxylic acids is 1. The summed E-state index contributed by atoms with van der Waals surface area (Å²) < 4.78 is 10.9. The van der Waals surface area contributed by atoms with E-state index in [0.29, 0.717) is 35.7 Å². The molecule has 160 valence electrons. The van der Waals surface area contributed by atoms with Gasteiger partial charge in [0.05, 0.1) is 24.5 Å². The molecule has 2 aromatic heterocycles. The highest BCUT2D eigenvalue weighted by Gasteiger charge is 2.16. The molecule has 7 heteroatoms. The molecule has 0 aliphatic rings. The maximum Gasteiger partial charge on any atom is 0.254 e. The van der Waals surface area contributed by atoms with Gasteiger partial charge in [-0.2, -0.15) is 5.10 Å². The van der Waals surface area contributed by atoms with Crippen LogP contribution in [0.3, 0.4) is 0 Å². The Morgan fingerprint density at radius 3 is 2.77 bits per heavy atom. The molecular weight excluding hydrogens is 392 g/mol. The van der Waals surface area contributed by atoms with E-state index in [0.717, 1.165) is 30.7 Å². The second-order valence-corrected chi connectivity index (χ2v) is 7.61. The molecule has 7 nitrogen and oxygen atoms in total. The zero-order valence-electron chi connectivity index (χ0n) is 17.8. The number of hydrogen-bond donors (Lipinski definition) is 1. The third-order valence-electron chi connectivity index (χ3n) is 5.11. The maximum atomic E-state index is 12.9. The van der Waals surface area contributed by atoms with Gasteiger partial charge in [-0.05, 0) is 42.7 Å². The summed E-state index contributed by atoms with van der Waals surface area (Å²) in [7, 11) is 3.39. The van der Waals surface area contributed by atoms with Gasteiger partial charge in [0.25, 0.3) is 5.91 Å². The average Bonchev–Trinajstić information content (AvgIpc) is 3.40. The highest BCUT2D eigenvalue weighted by molar-refractivity contribution is 5.96. The van der Waals surface area contributed by atoms with Crippen molar-refractivity contribution in [2.24, 2.45) is 0 Å². The largest absolute Gasteiger partial charge is 0.441 e. The molecule has 0 aliphatic heterocycles. The van der Waals surface area contributed by atoms with E-state index in [1.54, 1.807) is 31.2 Å². The first-order valence-electron chi connectivity index (χ1n) is 10.3. The lowest BCUT2D eigenvalue weighted by atomic mass is 10.1. The third kappa shape index (κ3) is 5.19. The number of methoxy groups -OCH3 is 1. The number of nitrogens with one attached hydrogen (secondary N) is 1. The Morgan fingerprint density at radius 1 is 1.13 bits per heavy atom. The SMILES string of the molecule is COCc1cc(CN(C)C(=O)c2ccc3oc(CCCc4ccccc4)nc3c2)[nH]n1. The molecule has 31 heavy (non-hydrogen) atoms. The Morgan fingerprint density at radius 2 is 1.97 bits per heavy atom. The molecule has 2 heterocycles. The van der Waals surface area contributed by atoms with Gasteiger partial charge in [-0.15, -0.1) is 0 Å². The molecule has 4 aromatic rings.